The second kappa shape index (κ2) is 1.90. The topological polar surface area (TPSA) is 61.4 Å². The molecule has 2 heterocycles. The lowest BCUT2D eigenvalue weighted by Gasteiger charge is -1.94. The van der Waals surface area contributed by atoms with Crippen molar-refractivity contribution < 1.29 is 0 Å². The van der Waals surface area contributed by atoms with Crippen LogP contribution in [-0.4, -0.2) is 30.0 Å². The number of hydrogen-bond donors (Lipinski definition) is 0. The molecule has 0 radical (unpaired) electrons. The summed E-state index contributed by atoms with van der Waals surface area (Å²) in [5.41, 5.74) is 0. The van der Waals surface area contributed by atoms with Crippen molar-refractivity contribution in [2.75, 3.05) is 0 Å². The van der Waals surface area contributed by atoms with Gasteiger partial charge in [-0.25, -0.2) is 4.68 Å². The molecule has 0 N–H and O–H groups in total. The molecule has 10 heavy (non-hydrogen) atoms. The highest BCUT2D eigenvalue weighted by Gasteiger charge is 1.90. The Kier molecular flexibility index (Phi) is 0.970. The lowest BCUT2D eigenvalue weighted by atomic mass is 10.9. The van der Waals surface area contributed by atoms with Crippen LogP contribution in [0.25, 0.3) is 0 Å². The van der Waals surface area contributed by atoms with Gasteiger partial charge in [0.05, 0.1) is 12.4 Å². The molecule has 0 aliphatic carbocycles. The second-order valence-electron chi connectivity index (χ2n) is 1.67. The van der Waals surface area contributed by atoms with Crippen LogP contribution in [0.4, 0.5) is 0 Å². The first-order valence-corrected chi connectivity index (χ1v) is 2.68. The Balaban J connectivity index is 2.48. The van der Waals surface area contributed by atoms with Gasteiger partial charge in [-0.2, -0.15) is 4.79 Å². The summed E-state index contributed by atoms with van der Waals surface area (Å²) in [5.74, 6) is 0. The highest BCUT2D eigenvalue weighted by atomic mass is 15.7. The Morgan fingerprint density at radius 2 is 1.80 bits per heavy atom. The van der Waals surface area contributed by atoms with E-state index in [0.717, 1.165) is 0 Å². The van der Waals surface area contributed by atoms with Crippen LogP contribution < -0.4 is 0 Å². The maximum Gasteiger partial charge on any atom is 0.141 e. The minimum atomic E-state index is 1.51. The molecule has 2 rings (SSSR count). The van der Waals surface area contributed by atoms with Crippen LogP contribution in [0.3, 0.4) is 0 Å². The largest absolute Gasteiger partial charge is 0.206 e. The maximum atomic E-state index is 3.71. The van der Waals surface area contributed by atoms with Gasteiger partial charge in [0.25, 0.3) is 0 Å². The molecule has 0 aromatic carbocycles. The fraction of sp³-hybridized carbons (Fsp3) is 0. The van der Waals surface area contributed by atoms with Gasteiger partial charge in [0.2, 0.25) is 0 Å². The van der Waals surface area contributed by atoms with Gasteiger partial charge in [-0.05, 0) is 5.21 Å². The van der Waals surface area contributed by atoms with E-state index in [1.165, 1.54) is 17.4 Å². The summed E-state index contributed by atoms with van der Waals surface area (Å²) in [5, 5.41) is 14.5. The quantitative estimate of drug-likeness (QED) is 0.514. The van der Waals surface area contributed by atoms with Crippen LogP contribution in [0.5, 0.6) is 0 Å². The molecule has 6 heteroatoms. The highest BCUT2D eigenvalue weighted by Crippen LogP contribution is 1.82. The fourth-order valence-corrected chi connectivity index (χ4v) is 0.626. The highest BCUT2D eigenvalue weighted by molar-refractivity contribution is 4.68. The van der Waals surface area contributed by atoms with Crippen LogP contribution in [0.1, 0.15) is 0 Å². The average Bonchev–Trinajstić information content (AvgIpc) is 2.59. The van der Waals surface area contributed by atoms with Crippen molar-refractivity contribution >= 4 is 0 Å². The minimum absolute atomic E-state index is 1.51. The van der Waals surface area contributed by atoms with E-state index >= 15 is 0 Å². The number of nitrogens with zero attached hydrogens (tertiary/aromatic N) is 6. The standard InChI is InChI=1S/C4H4N6/c1-2-10(8-5-1)9-3-6-7-4-9/h1-4H. The average molecular weight is 136 g/mol. The SMILES string of the molecule is c1cn(-n2cnnc2)nn1. The van der Waals surface area contributed by atoms with Crippen molar-refractivity contribution in [3.05, 3.63) is 25.0 Å². The van der Waals surface area contributed by atoms with Crippen molar-refractivity contribution in [3.8, 4) is 0 Å². The molecular weight excluding hydrogens is 132 g/mol. The predicted octanol–water partition coefficient (Wildman–Crippen LogP) is -0.819. The van der Waals surface area contributed by atoms with Crippen molar-refractivity contribution in [3.63, 3.8) is 0 Å². The fourth-order valence-electron chi connectivity index (χ4n) is 0.626. The van der Waals surface area contributed by atoms with Crippen LogP contribution in [0.15, 0.2) is 25.0 Å². The molecular formula is C4H4N6. The molecule has 0 saturated heterocycles. The van der Waals surface area contributed by atoms with Gasteiger partial charge >= 0.3 is 0 Å². The third-order valence-corrected chi connectivity index (χ3v) is 1.05. The summed E-state index contributed by atoms with van der Waals surface area (Å²) >= 11 is 0. The smallest absolute Gasteiger partial charge is 0.141 e. The van der Waals surface area contributed by atoms with Gasteiger partial charge in [0.15, 0.2) is 0 Å². The van der Waals surface area contributed by atoms with Crippen molar-refractivity contribution in [2.45, 2.75) is 0 Å². The Hall–Kier alpha value is -1.72. The summed E-state index contributed by atoms with van der Waals surface area (Å²) in [6.45, 7) is 0. The Morgan fingerprint density at radius 1 is 1.00 bits per heavy atom. The van der Waals surface area contributed by atoms with Gasteiger partial charge in [0, 0.05) is 0 Å². The molecule has 0 spiro atoms. The monoisotopic (exact) mass is 136 g/mol. The number of hydrogen-bond acceptors (Lipinski definition) is 4. The normalized spacial score (nSPS) is 10.0. The summed E-state index contributed by atoms with van der Waals surface area (Å²) in [7, 11) is 0. The minimum Gasteiger partial charge on any atom is -0.206 e. The molecule has 0 aliphatic rings. The lowest BCUT2D eigenvalue weighted by Crippen LogP contribution is -2.06. The van der Waals surface area contributed by atoms with E-state index in [4.69, 9.17) is 0 Å². The zero-order valence-electron chi connectivity index (χ0n) is 4.99. The van der Waals surface area contributed by atoms with Crippen molar-refractivity contribution in [2.24, 2.45) is 0 Å². The third kappa shape index (κ3) is 0.661. The predicted molar refractivity (Wildman–Crippen MR) is 30.8 cm³/mol. The molecule has 50 valence electrons. The van der Waals surface area contributed by atoms with E-state index in [9.17, 15) is 0 Å². The van der Waals surface area contributed by atoms with Gasteiger partial charge in [-0.3, -0.25) is 0 Å². The van der Waals surface area contributed by atoms with Crippen LogP contribution in [-0.2, 0) is 0 Å². The zero-order chi connectivity index (χ0) is 6.81. The van der Waals surface area contributed by atoms with Crippen LogP contribution in [0.2, 0.25) is 0 Å². The van der Waals surface area contributed by atoms with Gasteiger partial charge in [-0.15, -0.1) is 15.3 Å². The Morgan fingerprint density at radius 3 is 2.40 bits per heavy atom. The first-order chi connectivity index (χ1) is 4.97. The molecule has 0 amide bonds. The summed E-state index contributed by atoms with van der Waals surface area (Å²) in [4.78, 5) is 1.51. The van der Waals surface area contributed by atoms with E-state index in [1.54, 1.807) is 17.1 Å². The van der Waals surface area contributed by atoms with Crippen LogP contribution >= 0.6 is 0 Å². The summed E-state index contributed by atoms with van der Waals surface area (Å²) in [6, 6.07) is 0. The van der Waals surface area contributed by atoms with E-state index in [2.05, 4.69) is 20.5 Å². The van der Waals surface area contributed by atoms with Gasteiger partial charge in [-0.1, -0.05) is 0 Å². The number of rotatable bonds is 1. The van der Waals surface area contributed by atoms with E-state index < -0.39 is 0 Å². The van der Waals surface area contributed by atoms with Crippen molar-refractivity contribution in [1.82, 2.24) is 30.0 Å². The van der Waals surface area contributed by atoms with Gasteiger partial charge < -0.3 is 0 Å². The first-order valence-electron chi connectivity index (χ1n) is 2.68. The molecule has 0 saturated carbocycles. The molecule has 2 aromatic heterocycles. The maximum absolute atomic E-state index is 3.71. The molecule has 0 unspecified atom stereocenters. The number of aromatic nitrogens is 6. The summed E-state index contributed by atoms with van der Waals surface area (Å²) in [6.07, 6.45) is 6.35. The zero-order valence-corrected chi connectivity index (χ0v) is 4.99. The first kappa shape index (κ1) is 5.10. The second-order valence-corrected chi connectivity index (χ2v) is 1.67. The molecule has 0 fully saturated rings. The lowest BCUT2D eigenvalue weighted by molar-refractivity contribution is 0.547. The molecule has 0 bridgehead atoms. The Labute approximate surface area is 56.1 Å². The van der Waals surface area contributed by atoms with Gasteiger partial charge in [0.1, 0.15) is 12.7 Å². The van der Waals surface area contributed by atoms with E-state index in [1.807, 2.05) is 0 Å². The Bertz CT molecular complexity index is 249. The molecule has 0 aliphatic heterocycles. The van der Waals surface area contributed by atoms with E-state index in [0.29, 0.717) is 0 Å². The summed E-state index contributed by atoms with van der Waals surface area (Å²) < 4.78 is 1.60. The molecule has 2 aromatic rings. The van der Waals surface area contributed by atoms with Crippen molar-refractivity contribution in [1.29, 1.82) is 0 Å². The van der Waals surface area contributed by atoms with Crippen LogP contribution in [0, 0.1) is 0 Å². The van der Waals surface area contributed by atoms with E-state index in [-0.39, 0.29) is 0 Å². The third-order valence-electron chi connectivity index (χ3n) is 1.05. The molecule has 0 atom stereocenters. The molecule has 6 nitrogen and oxygen atoms in total.